The van der Waals surface area contributed by atoms with Gasteiger partial charge in [-0.15, -0.1) is 0 Å². The lowest BCUT2D eigenvalue weighted by Crippen LogP contribution is -2.28. The molecule has 1 aromatic heterocycles. The Hall–Kier alpha value is -1.85. The maximum absolute atomic E-state index is 11.9. The van der Waals surface area contributed by atoms with Crippen molar-refractivity contribution in [2.75, 3.05) is 7.11 Å². The standard InChI is InChI=1S/C12H18N2O4/c1-7-9(10(15)17-6)8(2)14(13-7)11(16)18-12(3,4)5/h1-6H3. The lowest BCUT2D eigenvalue weighted by atomic mass is 10.2. The number of rotatable bonds is 1. The molecule has 0 saturated carbocycles. The first kappa shape index (κ1) is 14.2. The van der Waals surface area contributed by atoms with Gasteiger partial charge in [-0.25, -0.2) is 9.59 Å². The monoisotopic (exact) mass is 254 g/mol. The average molecular weight is 254 g/mol. The van der Waals surface area contributed by atoms with Crippen LogP contribution in [0, 0.1) is 13.8 Å². The molecule has 0 saturated heterocycles. The quantitative estimate of drug-likeness (QED) is 0.717. The first-order valence-electron chi connectivity index (χ1n) is 5.55. The van der Waals surface area contributed by atoms with Gasteiger partial charge in [0.25, 0.3) is 0 Å². The molecule has 6 heteroatoms. The van der Waals surface area contributed by atoms with E-state index in [4.69, 9.17) is 4.74 Å². The molecule has 6 nitrogen and oxygen atoms in total. The van der Waals surface area contributed by atoms with Gasteiger partial charge in [0, 0.05) is 0 Å². The van der Waals surface area contributed by atoms with Crippen molar-refractivity contribution in [3.05, 3.63) is 17.0 Å². The molecule has 0 aliphatic carbocycles. The molecule has 0 aromatic carbocycles. The summed E-state index contributed by atoms with van der Waals surface area (Å²) in [4.78, 5) is 23.4. The van der Waals surface area contributed by atoms with Gasteiger partial charge in [0.1, 0.15) is 11.2 Å². The summed E-state index contributed by atoms with van der Waals surface area (Å²) in [6, 6.07) is 0. The molecule has 18 heavy (non-hydrogen) atoms. The van der Waals surface area contributed by atoms with Gasteiger partial charge < -0.3 is 9.47 Å². The van der Waals surface area contributed by atoms with Gasteiger partial charge >= 0.3 is 12.1 Å². The third-order valence-corrected chi connectivity index (χ3v) is 2.25. The van der Waals surface area contributed by atoms with E-state index < -0.39 is 17.7 Å². The van der Waals surface area contributed by atoms with Crippen LogP contribution in [0.3, 0.4) is 0 Å². The van der Waals surface area contributed by atoms with E-state index >= 15 is 0 Å². The maximum atomic E-state index is 11.9. The smallest absolute Gasteiger partial charge is 0.435 e. The number of methoxy groups -OCH3 is 1. The highest BCUT2D eigenvalue weighted by Crippen LogP contribution is 2.16. The van der Waals surface area contributed by atoms with Crippen LogP contribution >= 0.6 is 0 Å². The molecule has 1 rings (SSSR count). The Morgan fingerprint density at radius 2 is 1.78 bits per heavy atom. The third kappa shape index (κ3) is 2.88. The summed E-state index contributed by atoms with van der Waals surface area (Å²) < 4.78 is 10.9. The van der Waals surface area contributed by atoms with Gasteiger partial charge in [-0.05, 0) is 34.6 Å². The third-order valence-electron chi connectivity index (χ3n) is 2.25. The van der Waals surface area contributed by atoms with Crippen molar-refractivity contribution in [3.8, 4) is 0 Å². The van der Waals surface area contributed by atoms with Crippen LogP contribution in [0.4, 0.5) is 4.79 Å². The minimum absolute atomic E-state index is 0.295. The Labute approximate surface area is 106 Å². The number of aromatic nitrogens is 2. The van der Waals surface area contributed by atoms with Crippen LogP contribution in [0.5, 0.6) is 0 Å². The Morgan fingerprint density at radius 3 is 2.22 bits per heavy atom. The number of nitrogens with zero attached hydrogens (tertiary/aromatic N) is 2. The molecule has 0 aliphatic rings. The van der Waals surface area contributed by atoms with Crippen LogP contribution < -0.4 is 0 Å². The van der Waals surface area contributed by atoms with Gasteiger partial charge in [0.15, 0.2) is 0 Å². The summed E-state index contributed by atoms with van der Waals surface area (Å²) in [5.41, 5.74) is 0.525. The normalized spacial score (nSPS) is 11.2. The number of ether oxygens (including phenoxy) is 2. The molecule has 0 unspecified atom stereocenters. The van der Waals surface area contributed by atoms with Crippen molar-refractivity contribution >= 4 is 12.1 Å². The molecule has 0 amide bonds. The fourth-order valence-electron chi connectivity index (χ4n) is 1.52. The largest absolute Gasteiger partial charge is 0.465 e. The predicted molar refractivity (Wildman–Crippen MR) is 64.7 cm³/mol. The number of hydrogen-bond donors (Lipinski definition) is 0. The molecule has 0 spiro atoms. The van der Waals surface area contributed by atoms with Crippen LogP contribution in [-0.4, -0.2) is 34.6 Å². The topological polar surface area (TPSA) is 70.4 Å². The van der Waals surface area contributed by atoms with E-state index in [2.05, 4.69) is 9.84 Å². The highest BCUT2D eigenvalue weighted by atomic mass is 16.6. The average Bonchev–Trinajstić information content (AvgIpc) is 2.51. The predicted octanol–water partition coefficient (Wildman–Crippen LogP) is 2.07. The molecule has 0 radical (unpaired) electrons. The van der Waals surface area contributed by atoms with E-state index in [-0.39, 0.29) is 0 Å². The highest BCUT2D eigenvalue weighted by molar-refractivity contribution is 5.92. The molecule has 0 N–H and O–H groups in total. The second kappa shape index (κ2) is 4.80. The summed E-state index contributed by atoms with van der Waals surface area (Å²) in [5, 5.41) is 4.00. The van der Waals surface area contributed by atoms with Crippen molar-refractivity contribution in [2.45, 2.75) is 40.2 Å². The number of aryl methyl sites for hydroxylation is 1. The zero-order valence-electron chi connectivity index (χ0n) is 11.5. The van der Waals surface area contributed by atoms with Gasteiger partial charge in [-0.1, -0.05) is 0 Å². The van der Waals surface area contributed by atoms with Crippen molar-refractivity contribution in [3.63, 3.8) is 0 Å². The summed E-state index contributed by atoms with van der Waals surface area (Å²) >= 11 is 0. The SMILES string of the molecule is COC(=O)c1c(C)nn(C(=O)OC(C)(C)C)c1C. The lowest BCUT2D eigenvalue weighted by Gasteiger charge is -2.19. The van der Waals surface area contributed by atoms with E-state index in [0.29, 0.717) is 17.0 Å². The molecule has 1 aromatic rings. The fourth-order valence-corrected chi connectivity index (χ4v) is 1.52. The van der Waals surface area contributed by atoms with Crippen molar-refractivity contribution < 1.29 is 19.1 Å². The zero-order chi connectivity index (χ0) is 14.1. The molecule has 100 valence electrons. The molecular formula is C12H18N2O4. The first-order chi connectivity index (χ1) is 8.17. The van der Waals surface area contributed by atoms with Crippen LogP contribution in [-0.2, 0) is 9.47 Å². The Morgan fingerprint density at radius 1 is 1.22 bits per heavy atom. The van der Waals surface area contributed by atoms with E-state index in [9.17, 15) is 9.59 Å². The van der Waals surface area contributed by atoms with Crippen LogP contribution in [0.15, 0.2) is 0 Å². The van der Waals surface area contributed by atoms with Gasteiger partial charge in [-0.3, -0.25) is 0 Å². The summed E-state index contributed by atoms with van der Waals surface area (Å²) in [6.07, 6.45) is -0.613. The Balaban J connectivity index is 3.13. The molecular weight excluding hydrogens is 236 g/mol. The first-order valence-corrected chi connectivity index (χ1v) is 5.55. The van der Waals surface area contributed by atoms with Crippen molar-refractivity contribution in [2.24, 2.45) is 0 Å². The van der Waals surface area contributed by atoms with E-state index in [1.165, 1.54) is 7.11 Å². The zero-order valence-corrected chi connectivity index (χ0v) is 11.5. The number of carbonyl (C=O) groups is 2. The Kier molecular flexibility index (Phi) is 3.79. The van der Waals surface area contributed by atoms with E-state index in [1.807, 2.05) is 0 Å². The summed E-state index contributed by atoms with van der Waals surface area (Å²) in [7, 11) is 1.28. The number of carbonyl (C=O) groups excluding carboxylic acids is 2. The minimum Gasteiger partial charge on any atom is -0.465 e. The molecule has 1 heterocycles. The second-order valence-corrected chi connectivity index (χ2v) is 4.93. The Bertz CT molecular complexity index is 483. The van der Waals surface area contributed by atoms with E-state index in [1.54, 1.807) is 34.6 Å². The summed E-state index contributed by atoms with van der Waals surface area (Å²) in [5.74, 6) is -0.514. The van der Waals surface area contributed by atoms with Crippen molar-refractivity contribution in [1.29, 1.82) is 0 Å². The lowest BCUT2D eigenvalue weighted by molar-refractivity contribution is 0.0510. The van der Waals surface area contributed by atoms with Crippen molar-refractivity contribution in [1.82, 2.24) is 9.78 Å². The van der Waals surface area contributed by atoms with Crippen LogP contribution in [0.25, 0.3) is 0 Å². The molecule has 0 atom stereocenters. The molecule has 0 bridgehead atoms. The van der Waals surface area contributed by atoms with Gasteiger partial charge in [0.05, 0.1) is 18.5 Å². The van der Waals surface area contributed by atoms with Gasteiger partial charge in [-0.2, -0.15) is 9.78 Å². The van der Waals surface area contributed by atoms with Crippen LogP contribution in [0.1, 0.15) is 42.5 Å². The molecule has 0 fully saturated rings. The second-order valence-electron chi connectivity index (χ2n) is 4.93. The maximum Gasteiger partial charge on any atom is 0.435 e. The minimum atomic E-state index is -0.616. The number of esters is 1. The van der Waals surface area contributed by atoms with Crippen LogP contribution in [0.2, 0.25) is 0 Å². The van der Waals surface area contributed by atoms with Gasteiger partial charge in [0.2, 0.25) is 0 Å². The molecule has 0 aliphatic heterocycles. The highest BCUT2D eigenvalue weighted by Gasteiger charge is 2.25. The summed E-state index contributed by atoms with van der Waals surface area (Å²) in [6.45, 7) is 8.55. The van der Waals surface area contributed by atoms with E-state index in [0.717, 1.165) is 4.68 Å². The fraction of sp³-hybridized carbons (Fsp3) is 0.583. The number of hydrogen-bond acceptors (Lipinski definition) is 5.